The summed E-state index contributed by atoms with van der Waals surface area (Å²) in [5.41, 5.74) is 0. The molecule has 0 aliphatic heterocycles. The molecule has 0 heterocycles. The predicted octanol–water partition coefficient (Wildman–Crippen LogP) is 0.761. The summed E-state index contributed by atoms with van der Waals surface area (Å²) in [6, 6.07) is 0. The summed E-state index contributed by atoms with van der Waals surface area (Å²) in [6.45, 7) is 5.86. The first kappa shape index (κ1) is 17.6. The van der Waals surface area contributed by atoms with Crippen LogP contribution >= 0.6 is 11.8 Å². The van der Waals surface area contributed by atoms with Crippen LogP contribution in [0.4, 0.5) is 0 Å². The maximum Gasteiger partial charge on any atom is 0.326 e. The van der Waals surface area contributed by atoms with Gasteiger partial charge in [0.1, 0.15) is 0 Å². The molecule has 0 radical (unpaired) electrons. The zero-order valence-corrected chi connectivity index (χ0v) is 12.2. The maximum atomic E-state index is 11.6. The van der Waals surface area contributed by atoms with Crippen molar-refractivity contribution in [2.75, 3.05) is 13.2 Å². The van der Waals surface area contributed by atoms with Gasteiger partial charge in [0.25, 0.3) is 0 Å². The highest BCUT2D eigenvalue weighted by atomic mass is 32.2. The Morgan fingerprint density at radius 1 is 0.842 bits per heavy atom. The highest BCUT2D eigenvalue weighted by Gasteiger charge is 2.35. The number of ether oxygens (including phenoxy) is 2. The third-order valence-corrected chi connectivity index (χ3v) is 3.61. The van der Waals surface area contributed by atoms with Gasteiger partial charge in [-0.25, -0.2) is 0 Å². The molecule has 0 aromatic heterocycles. The first-order chi connectivity index (χ1) is 8.84. The molecule has 0 saturated heterocycles. The molecule has 0 amide bonds. The fraction of sp³-hybridized carbons (Fsp3) is 0.667. The van der Waals surface area contributed by atoms with Crippen molar-refractivity contribution in [2.45, 2.75) is 38.2 Å². The summed E-state index contributed by atoms with van der Waals surface area (Å²) in [5.74, 6) is -2.45. The summed E-state index contributed by atoms with van der Waals surface area (Å²) >= 11 is 0.654. The van der Waals surface area contributed by atoms with Crippen molar-refractivity contribution in [1.82, 2.24) is 0 Å². The second kappa shape index (κ2) is 8.68. The van der Waals surface area contributed by atoms with Crippen LogP contribution in [0.25, 0.3) is 0 Å². The summed E-state index contributed by atoms with van der Waals surface area (Å²) in [7, 11) is 0. The molecule has 108 valence electrons. The fourth-order valence-corrected chi connectivity index (χ4v) is 2.22. The summed E-state index contributed by atoms with van der Waals surface area (Å²) in [5, 5.41) is -2.39. The van der Waals surface area contributed by atoms with Crippen LogP contribution in [0.2, 0.25) is 0 Å². The van der Waals surface area contributed by atoms with Gasteiger partial charge < -0.3 is 9.47 Å². The Labute approximate surface area is 116 Å². The SMILES string of the molecule is CCOC(=O)C(SC(C(C)=O)C(=O)OCC)C(C)=O. The first-order valence-corrected chi connectivity index (χ1v) is 6.79. The van der Waals surface area contributed by atoms with Gasteiger partial charge in [0.15, 0.2) is 22.1 Å². The van der Waals surface area contributed by atoms with Crippen molar-refractivity contribution < 1.29 is 28.7 Å². The maximum absolute atomic E-state index is 11.6. The number of esters is 2. The normalized spacial score (nSPS) is 13.3. The van der Waals surface area contributed by atoms with E-state index in [0.717, 1.165) is 0 Å². The summed E-state index contributed by atoms with van der Waals surface area (Å²) in [6.07, 6.45) is 0. The van der Waals surface area contributed by atoms with E-state index in [1.807, 2.05) is 0 Å². The van der Waals surface area contributed by atoms with Crippen LogP contribution in [-0.4, -0.2) is 47.2 Å². The molecular formula is C12H18O6S. The van der Waals surface area contributed by atoms with Crippen molar-refractivity contribution in [2.24, 2.45) is 0 Å². The first-order valence-electron chi connectivity index (χ1n) is 5.84. The van der Waals surface area contributed by atoms with E-state index in [-0.39, 0.29) is 13.2 Å². The zero-order valence-electron chi connectivity index (χ0n) is 11.4. The molecule has 0 aliphatic rings. The molecule has 0 rings (SSSR count). The number of hydrogen-bond donors (Lipinski definition) is 0. The molecule has 7 heteroatoms. The highest BCUT2D eigenvalue weighted by molar-refractivity contribution is 8.03. The van der Waals surface area contributed by atoms with Crippen molar-refractivity contribution in [3.05, 3.63) is 0 Å². The Hall–Kier alpha value is -1.37. The van der Waals surface area contributed by atoms with E-state index in [0.29, 0.717) is 11.8 Å². The van der Waals surface area contributed by atoms with Crippen LogP contribution in [0, 0.1) is 0 Å². The van der Waals surface area contributed by atoms with E-state index in [1.54, 1.807) is 13.8 Å². The van der Waals surface area contributed by atoms with Gasteiger partial charge in [-0.1, -0.05) is 0 Å². The van der Waals surface area contributed by atoms with Crippen molar-refractivity contribution >= 4 is 35.3 Å². The van der Waals surface area contributed by atoms with Gasteiger partial charge in [0.2, 0.25) is 0 Å². The van der Waals surface area contributed by atoms with Crippen LogP contribution in [0.1, 0.15) is 27.7 Å². The minimum atomic E-state index is -1.20. The van der Waals surface area contributed by atoms with Crippen molar-refractivity contribution in [1.29, 1.82) is 0 Å². The Morgan fingerprint density at radius 3 is 1.37 bits per heavy atom. The predicted molar refractivity (Wildman–Crippen MR) is 69.8 cm³/mol. The minimum absolute atomic E-state index is 0.118. The third-order valence-electron chi connectivity index (χ3n) is 2.01. The van der Waals surface area contributed by atoms with Gasteiger partial charge in [-0.05, 0) is 27.7 Å². The second-order valence-corrected chi connectivity index (χ2v) is 4.84. The van der Waals surface area contributed by atoms with Gasteiger partial charge in [0, 0.05) is 0 Å². The van der Waals surface area contributed by atoms with Crippen LogP contribution in [-0.2, 0) is 28.7 Å². The molecule has 0 saturated carbocycles. The second-order valence-electron chi connectivity index (χ2n) is 3.62. The largest absolute Gasteiger partial charge is 0.465 e. The van der Waals surface area contributed by atoms with Gasteiger partial charge in [0.05, 0.1) is 13.2 Å². The Balaban J connectivity index is 4.95. The van der Waals surface area contributed by atoms with E-state index in [9.17, 15) is 19.2 Å². The molecule has 0 fully saturated rings. The van der Waals surface area contributed by atoms with Crippen LogP contribution in [0.5, 0.6) is 0 Å². The third kappa shape index (κ3) is 5.87. The number of thioether (sulfide) groups is 1. The molecule has 2 unspecified atom stereocenters. The number of carbonyl (C=O) groups excluding carboxylic acids is 4. The smallest absolute Gasteiger partial charge is 0.326 e. The van der Waals surface area contributed by atoms with Gasteiger partial charge >= 0.3 is 11.9 Å². The quantitative estimate of drug-likeness (QED) is 0.482. The molecule has 6 nitrogen and oxygen atoms in total. The fourth-order valence-electron chi connectivity index (χ4n) is 1.21. The number of Topliss-reactive ketones (excluding diaryl/α,β-unsaturated/α-hetero) is 2. The Bertz CT molecular complexity index is 331. The van der Waals surface area contributed by atoms with Gasteiger partial charge in [-0.15, -0.1) is 11.8 Å². The van der Waals surface area contributed by atoms with E-state index in [1.165, 1.54) is 13.8 Å². The topological polar surface area (TPSA) is 86.7 Å². The van der Waals surface area contributed by atoms with Crippen molar-refractivity contribution in [3.8, 4) is 0 Å². The Morgan fingerprint density at radius 2 is 1.16 bits per heavy atom. The average Bonchev–Trinajstić information content (AvgIpc) is 2.29. The molecule has 2 atom stereocenters. The molecule has 0 aromatic carbocycles. The molecule has 0 spiro atoms. The molecule has 19 heavy (non-hydrogen) atoms. The molecular weight excluding hydrogens is 272 g/mol. The lowest BCUT2D eigenvalue weighted by molar-refractivity contribution is -0.144. The van der Waals surface area contributed by atoms with E-state index >= 15 is 0 Å². The highest BCUT2D eigenvalue weighted by Crippen LogP contribution is 2.22. The van der Waals surface area contributed by atoms with Gasteiger partial charge in [-0.2, -0.15) is 0 Å². The van der Waals surface area contributed by atoms with E-state index in [2.05, 4.69) is 0 Å². The lowest BCUT2D eigenvalue weighted by atomic mass is 10.3. The molecule has 0 aromatic rings. The van der Waals surface area contributed by atoms with Crippen LogP contribution in [0.15, 0.2) is 0 Å². The van der Waals surface area contributed by atoms with Gasteiger partial charge in [-0.3, -0.25) is 19.2 Å². The average molecular weight is 290 g/mol. The minimum Gasteiger partial charge on any atom is -0.465 e. The van der Waals surface area contributed by atoms with E-state index < -0.39 is 34.0 Å². The number of hydrogen-bond acceptors (Lipinski definition) is 7. The lowest BCUT2D eigenvalue weighted by Crippen LogP contribution is -2.35. The van der Waals surface area contributed by atoms with E-state index in [4.69, 9.17) is 9.47 Å². The number of rotatable bonds is 8. The molecule has 0 aliphatic carbocycles. The monoisotopic (exact) mass is 290 g/mol. The summed E-state index contributed by atoms with van der Waals surface area (Å²) < 4.78 is 9.48. The summed E-state index contributed by atoms with van der Waals surface area (Å²) in [4.78, 5) is 46.0. The number of ketones is 2. The van der Waals surface area contributed by atoms with Crippen LogP contribution < -0.4 is 0 Å². The van der Waals surface area contributed by atoms with Crippen molar-refractivity contribution in [3.63, 3.8) is 0 Å². The Kier molecular flexibility index (Phi) is 8.06. The van der Waals surface area contributed by atoms with Crippen LogP contribution in [0.3, 0.4) is 0 Å². The standard InChI is InChI=1S/C12H18O6S/c1-5-17-11(15)9(7(3)13)19-10(8(4)14)12(16)18-6-2/h9-10H,5-6H2,1-4H3. The molecule has 0 N–H and O–H groups in total. The number of carbonyl (C=O) groups is 4. The lowest BCUT2D eigenvalue weighted by Gasteiger charge is -2.17. The molecule has 0 bridgehead atoms. The zero-order chi connectivity index (χ0) is 15.0.